The number of carbonyl (C=O) groups is 1. The maximum Gasteiger partial charge on any atom is 0.231 e. The van der Waals surface area contributed by atoms with Crippen LogP contribution in [0.25, 0.3) is 0 Å². The number of pyridine rings is 1. The Morgan fingerprint density at radius 2 is 2.12 bits per heavy atom. The van der Waals surface area contributed by atoms with Gasteiger partial charge in [0.2, 0.25) is 5.91 Å². The summed E-state index contributed by atoms with van der Waals surface area (Å²) in [6.45, 7) is 1.19. The number of methoxy groups -OCH3 is 1. The van der Waals surface area contributed by atoms with E-state index in [9.17, 15) is 4.79 Å². The average Bonchev–Trinajstić information content (AvgIpc) is 3.03. The Morgan fingerprint density at radius 3 is 2.92 bits per heavy atom. The fourth-order valence-electron chi connectivity index (χ4n) is 3.38. The number of likely N-dealkylation sites (tertiary alicyclic amines) is 1. The summed E-state index contributed by atoms with van der Waals surface area (Å²) in [6, 6.07) is 14.3. The predicted molar refractivity (Wildman–Crippen MR) is 92.8 cm³/mol. The number of aromatic nitrogens is 1. The number of primary amides is 1. The molecule has 24 heavy (non-hydrogen) atoms. The first-order valence-electron chi connectivity index (χ1n) is 8.27. The molecule has 1 aliphatic heterocycles. The first-order valence-corrected chi connectivity index (χ1v) is 8.27. The highest BCUT2D eigenvalue weighted by atomic mass is 16.5. The molecule has 0 unspecified atom stereocenters. The molecule has 1 aromatic carbocycles. The monoisotopic (exact) mass is 325 g/mol. The van der Waals surface area contributed by atoms with Crippen molar-refractivity contribution in [2.45, 2.75) is 25.3 Å². The Bertz CT molecular complexity index is 717. The third-order valence-corrected chi connectivity index (χ3v) is 4.46. The summed E-state index contributed by atoms with van der Waals surface area (Å²) >= 11 is 0. The number of amides is 1. The minimum Gasteiger partial charge on any atom is -0.496 e. The molecule has 0 aliphatic carbocycles. The van der Waals surface area contributed by atoms with Gasteiger partial charge in [0.05, 0.1) is 25.4 Å². The summed E-state index contributed by atoms with van der Waals surface area (Å²) in [5.41, 5.74) is 8.50. The maximum atomic E-state index is 11.3. The smallest absolute Gasteiger partial charge is 0.231 e. The average molecular weight is 325 g/mol. The van der Waals surface area contributed by atoms with Gasteiger partial charge >= 0.3 is 0 Å². The van der Waals surface area contributed by atoms with Crippen LogP contribution in [0.4, 0.5) is 0 Å². The van der Waals surface area contributed by atoms with E-state index in [-0.39, 0.29) is 11.9 Å². The number of ether oxygens (including phenoxy) is 1. The molecule has 5 nitrogen and oxygen atoms in total. The van der Waals surface area contributed by atoms with Crippen molar-refractivity contribution < 1.29 is 9.53 Å². The number of nitrogens with zero attached hydrogens (tertiary/aromatic N) is 2. The second-order valence-electron chi connectivity index (χ2n) is 6.14. The van der Waals surface area contributed by atoms with Gasteiger partial charge in [-0.15, -0.1) is 0 Å². The molecule has 1 saturated heterocycles. The number of benzene rings is 1. The number of hydrogen-bond acceptors (Lipinski definition) is 4. The van der Waals surface area contributed by atoms with Crippen LogP contribution >= 0.6 is 0 Å². The van der Waals surface area contributed by atoms with Gasteiger partial charge in [0.1, 0.15) is 5.75 Å². The topological polar surface area (TPSA) is 68.5 Å². The number of rotatable bonds is 6. The van der Waals surface area contributed by atoms with Crippen LogP contribution in [0.15, 0.2) is 42.5 Å². The molecule has 1 aliphatic rings. The Hall–Kier alpha value is -2.40. The van der Waals surface area contributed by atoms with E-state index in [2.05, 4.69) is 11.0 Å². The molecule has 2 heterocycles. The van der Waals surface area contributed by atoms with Crippen molar-refractivity contribution in [3.8, 4) is 5.75 Å². The lowest BCUT2D eigenvalue weighted by molar-refractivity contribution is -0.119. The van der Waals surface area contributed by atoms with Crippen molar-refractivity contribution in [2.24, 2.45) is 5.73 Å². The molecule has 1 amide bonds. The van der Waals surface area contributed by atoms with Crippen LogP contribution in [0.1, 0.15) is 35.8 Å². The second-order valence-corrected chi connectivity index (χ2v) is 6.14. The number of carbonyl (C=O) groups excluding carboxylic acids is 1. The summed E-state index contributed by atoms with van der Waals surface area (Å²) in [6.07, 6.45) is 2.80. The molecule has 3 rings (SSSR count). The first-order chi connectivity index (χ1) is 11.7. The van der Waals surface area contributed by atoms with Crippen molar-refractivity contribution >= 4 is 5.91 Å². The summed E-state index contributed by atoms with van der Waals surface area (Å²) < 4.78 is 5.42. The molecule has 5 heteroatoms. The van der Waals surface area contributed by atoms with Gasteiger partial charge in [0, 0.05) is 17.7 Å². The third-order valence-electron chi connectivity index (χ3n) is 4.46. The van der Waals surface area contributed by atoms with Crippen molar-refractivity contribution in [3.63, 3.8) is 0 Å². The van der Waals surface area contributed by atoms with E-state index in [0.29, 0.717) is 6.54 Å². The van der Waals surface area contributed by atoms with Gasteiger partial charge in [-0.3, -0.25) is 14.7 Å². The molecule has 1 aromatic heterocycles. The molecule has 2 N–H and O–H groups in total. The number of hydrogen-bond donors (Lipinski definition) is 1. The lowest BCUT2D eigenvalue weighted by Gasteiger charge is -2.22. The standard InChI is InChI=1S/C19H23N3O2/c1-24-18-10-3-2-6-14(18)12-15-7-4-8-16(21-15)17-9-5-11-22(17)13-19(20)23/h2-4,6-8,10,17H,5,9,11-13H2,1H3,(H2,20,23)/t17-/m0/s1. The van der Waals surface area contributed by atoms with E-state index < -0.39 is 0 Å². The quantitative estimate of drug-likeness (QED) is 0.885. The minimum atomic E-state index is -0.285. The van der Waals surface area contributed by atoms with Crippen LogP contribution in [0.5, 0.6) is 5.75 Å². The largest absolute Gasteiger partial charge is 0.496 e. The zero-order chi connectivity index (χ0) is 16.9. The van der Waals surface area contributed by atoms with E-state index >= 15 is 0 Å². The van der Waals surface area contributed by atoms with E-state index in [1.807, 2.05) is 36.4 Å². The lowest BCUT2D eigenvalue weighted by atomic mass is 10.1. The van der Waals surface area contributed by atoms with Gasteiger partial charge < -0.3 is 10.5 Å². The van der Waals surface area contributed by atoms with Gasteiger partial charge in [-0.05, 0) is 37.6 Å². The van der Waals surface area contributed by atoms with Crippen molar-refractivity contribution in [3.05, 3.63) is 59.4 Å². The molecular formula is C19H23N3O2. The highest BCUT2D eigenvalue weighted by Gasteiger charge is 2.28. The minimum absolute atomic E-state index is 0.176. The van der Waals surface area contributed by atoms with Gasteiger partial charge in [-0.25, -0.2) is 0 Å². The van der Waals surface area contributed by atoms with Gasteiger partial charge in [0.15, 0.2) is 0 Å². The molecule has 0 bridgehead atoms. The van der Waals surface area contributed by atoms with Gasteiger partial charge in [-0.2, -0.15) is 0 Å². The Morgan fingerprint density at radius 1 is 1.29 bits per heavy atom. The summed E-state index contributed by atoms with van der Waals surface area (Å²) in [4.78, 5) is 18.2. The zero-order valence-electron chi connectivity index (χ0n) is 13.9. The predicted octanol–water partition coefficient (Wildman–Crippen LogP) is 2.30. The molecule has 0 radical (unpaired) electrons. The highest BCUT2D eigenvalue weighted by Crippen LogP contribution is 2.30. The number of para-hydroxylation sites is 1. The molecule has 0 saturated carbocycles. The van der Waals surface area contributed by atoms with E-state index in [0.717, 1.165) is 48.5 Å². The van der Waals surface area contributed by atoms with Crippen molar-refractivity contribution in [1.29, 1.82) is 0 Å². The van der Waals surface area contributed by atoms with Crippen LogP contribution in [-0.4, -0.2) is 36.0 Å². The van der Waals surface area contributed by atoms with Crippen molar-refractivity contribution in [1.82, 2.24) is 9.88 Å². The normalized spacial score (nSPS) is 17.8. The fraction of sp³-hybridized carbons (Fsp3) is 0.368. The summed E-state index contributed by atoms with van der Waals surface area (Å²) in [5, 5.41) is 0. The third kappa shape index (κ3) is 3.74. The molecule has 1 fully saturated rings. The maximum absolute atomic E-state index is 11.3. The first kappa shape index (κ1) is 16.5. The van der Waals surface area contributed by atoms with Gasteiger partial charge in [0.25, 0.3) is 0 Å². The van der Waals surface area contributed by atoms with Gasteiger partial charge in [-0.1, -0.05) is 24.3 Å². The van der Waals surface area contributed by atoms with Crippen LogP contribution in [-0.2, 0) is 11.2 Å². The summed E-state index contributed by atoms with van der Waals surface area (Å²) in [5.74, 6) is 0.591. The van der Waals surface area contributed by atoms with E-state index in [1.165, 1.54) is 0 Å². The number of nitrogens with two attached hydrogens (primary N) is 1. The van der Waals surface area contributed by atoms with E-state index in [1.54, 1.807) is 7.11 Å². The van der Waals surface area contributed by atoms with E-state index in [4.69, 9.17) is 15.5 Å². The molecule has 1 atom stereocenters. The SMILES string of the molecule is COc1ccccc1Cc1cccc([C@@H]2CCCN2CC(N)=O)n1. The van der Waals surface area contributed by atoms with Crippen LogP contribution < -0.4 is 10.5 Å². The summed E-state index contributed by atoms with van der Waals surface area (Å²) in [7, 11) is 1.68. The van der Waals surface area contributed by atoms with Crippen molar-refractivity contribution in [2.75, 3.05) is 20.2 Å². The Balaban J connectivity index is 1.80. The Labute approximate surface area is 142 Å². The molecule has 126 valence electrons. The zero-order valence-corrected chi connectivity index (χ0v) is 13.9. The molecule has 2 aromatic rings. The highest BCUT2D eigenvalue weighted by molar-refractivity contribution is 5.76. The van der Waals surface area contributed by atoms with Crippen LogP contribution in [0.2, 0.25) is 0 Å². The second kappa shape index (κ2) is 7.45. The van der Waals surface area contributed by atoms with Crippen LogP contribution in [0.3, 0.4) is 0 Å². The fourth-order valence-corrected chi connectivity index (χ4v) is 3.38. The molecule has 0 spiro atoms. The molecular weight excluding hydrogens is 302 g/mol. The lowest BCUT2D eigenvalue weighted by Crippen LogP contribution is -2.33. The Kier molecular flexibility index (Phi) is 5.11. The van der Waals surface area contributed by atoms with Crippen LogP contribution in [0, 0.1) is 0 Å².